The zero-order valence-corrected chi connectivity index (χ0v) is 12.8. The summed E-state index contributed by atoms with van der Waals surface area (Å²) in [7, 11) is 3.69. The minimum atomic E-state index is 0.623. The molecule has 5 nitrogen and oxygen atoms in total. The highest BCUT2D eigenvalue weighted by Gasteiger charge is 2.13. The Balaban J connectivity index is 1.95. The second-order valence-electron chi connectivity index (χ2n) is 5.43. The normalized spacial score (nSPS) is 11.0. The van der Waals surface area contributed by atoms with E-state index in [0.717, 1.165) is 39.1 Å². The Morgan fingerprint density at radius 2 is 2.09 bits per heavy atom. The number of nitrogens with zero attached hydrogens (tertiary/aromatic N) is 3. The van der Waals surface area contributed by atoms with Gasteiger partial charge in [-0.3, -0.25) is 0 Å². The number of aromatic nitrogens is 3. The summed E-state index contributed by atoms with van der Waals surface area (Å²) in [5, 5.41) is 11.2. The minimum absolute atomic E-state index is 0.623. The van der Waals surface area contributed by atoms with E-state index in [1.54, 1.807) is 19.4 Å². The van der Waals surface area contributed by atoms with E-state index in [9.17, 15) is 5.26 Å². The van der Waals surface area contributed by atoms with Gasteiger partial charge in [0, 0.05) is 29.5 Å². The summed E-state index contributed by atoms with van der Waals surface area (Å²) < 4.78 is 7.41. The number of methoxy groups -OCH3 is 1. The van der Waals surface area contributed by atoms with Gasteiger partial charge in [-0.25, -0.2) is 4.98 Å². The molecule has 1 N–H and O–H groups in total. The topological polar surface area (TPSA) is 66.6 Å². The number of fused-ring (bicyclic) bond motifs is 2. The maximum Gasteiger partial charge on any atom is 0.139 e. The summed E-state index contributed by atoms with van der Waals surface area (Å²) in [5.74, 6) is 0.833. The van der Waals surface area contributed by atoms with Gasteiger partial charge in [0.25, 0.3) is 0 Å². The lowest BCUT2D eigenvalue weighted by molar-refractivity contribution is 0.415. The fourth-order valence-electron chi connectivity index (χ4n) is 2.98. The molecule has 4 aromatic rings. The van der Waals surface area contributed by atoms with Crippen LogP contribution in [-0.4, -0.2) is 21.6 Å². The van der Waals surface area contributed by atoms with Crippen LogP contribution in [0.4, 0.5) is 0 Å². The highest BCUT2D eigenvalue weighted by Crippen LogP contribution is 2.31. The summed E-state index contributed by atoms with van der Waals surface area (Å²) >= 11 is 0. The van der Waals surface area contributed by atoms with Gasteiger partial charge in [-0.1, -0.05) is 0 Å². The van der Waals surface area contributed by atoms with Crippen molar-refractivity contribution in [2.45, 2.75) is 0 Å². The van der Waals surface area contributed by atoms with Crippen molar-refractivity contribution in [2.75, 3.05) is 7.11 Å². The van der Waals surface area contributed by atoms with Gasteiger partial charge >= 0.3 is 0 Å². The number of nitrogens with one attached hydrogen (secondary N) is 1. The third-order valence-electron chi connectivity index (χ3n) is 4.18. The lowest BCUT2D eigenvalue weighted by Gasteiger charge is -2.02. The second kappa shape index (κ2) is 4.89. The van der Waals surface area contributed by atoms with Crippen molar-refractivity contribution in [3.8, 4) is 23.2 Å². The summed E-state index contributed by atoms with van der Waals surface area (Å²) in [6, 6.07) is 14.0. The molecule has 112 valence electrons. The SMILES string of the molecule is COc1ccc2c(c1)cc(-c1cc3c(C#N)ccnc3[nH]1)n2C. The molecule has 0 bridgehead atoms. The van der Waals surface area contributed by atoms with Gasteiger partial charge in [-0.15, -0.1) is 0 Å². The number of aromatic amines is 1. The number of benzene rings is 1. The van der Waals surface area contributed by atoms with Crippen molar-refractivity contribution < 1.29 is 4.74 Å². The molecule has 0 atom stereocenters. The Labute approximate surface area is 132 Å². The molecule has 0 fully saturated rings. The van der Waals surface area contributed by atoms with Crippen LogP contribution in [0.25, 0.3) is 33.3 Å². The molecule has 0 saturated heterocycles. The number of ether oxygens (including phenoxy) is 1. The Morgan fingerprint density at radius 3 is 2.87 bits per heavy atom. The zero-order valence-electron chi connectivity index (χ0n) is 12.8. The lowest BCUT2D eigenvalue weighted by Crippen LogP contribution is -1.91. The smallest absolute Gasteiger partial charge is 0.139 e. The third-order valence-corrected chi connectivity index (χ3v) is 4.18. The van der Waals surface area contributed by atoms with E-state index < -0.39 is 0 Å². The van der Waals surface area contributed by atoms with Gasteiger partial charge < -0.3 is 14.3 Å². The van der Waals surface area contributed by atoms with Crippen LogP contribution < -0.4 is 4.74 Å². The molecule has 3 aromatic heterocycles. The molecule has 0 aliphatic rings. The van der Waals surface area contributed by atoms with Crippen LogP contribution >= 0.6 is 0 Å². The number of aryl methyl sites for hydroxylation is 1. The number of hydrogen-bond donors (Lipinski definition) is 1. The van der Waals surface area contributed by atoms with Crippen molar-refractivity contribution in [2.24, 2.45) is 7.05 Å². The Morgan fingerprint density at radius 1 is 1.22 bits per heavy atom. The third kappa shape index (κ3) is 1.96. The quantitative estimate of drug-likeness (QED) is 0.615. The van der Waals surface area contributed by atoms with Crippen molar-refractivity contribution >= 4 is 21.9 Å². The van der Waals surface area contributed by atoms with Gasteiger partial charge in [0.1, 0.15) is 11.4 Å². The second-order valence-corrected chi connectivity index (χ2v) is 5.43. The zero-order chi connectivity index (χ0) is 16.0. The molecule has 1 aromatic carbocycles. The van der Waals surface area contributed by atoms with Crippen LogP contribution in [0.2, 0.25) is 0 Å². The first-order chi connectivity index (χ1) is 11.2. The van der Waals surface area contributed by atoms with E-state index in [2.05, 4.69) is 26.7 Å². The van der Waals surface area contributed by atoms with Crippen molar-refractivity contribution in [3.05, 3.63) is 48.2 Å². The summed E-state index contributed by atoms with van der Waals surface area (Å²) in [6.07, 6.45) is 1.65. The van der Waals surface area contributed by atoms with Gasteiger partial charge in [0.05, 0.1) is 30.1 Å². The molecule has 23 heavy (non-hydrogen) atoms. The van der Waals surface area contributed by atoms with Crippen molar-refractivity contribution in [3.63, 3.8) is 0 Å². The fraction of sp³-hybridized carbons (Fsp3) is 0.111. The van der Waals surface area contributed by atoms with Crippen molar-refractivity contribution in [1.82, 2.24) is 14.5 Å². The molecule has 0 aliphatic heterocycles. The van der Waals surface area contributed by atoms with Crippen LogP contribution in [0.3, 0.4) is 0 Å². The highest BCUT2D eigenvalue weighted by molar-refractivity contribution is 5.92. The average molecular weight is 302 g/mol. The number of H-pyrrole nitrogens is 1. The molecule has 5 heteroatoms. The lowest BCUT2D eigenvalue weighted by atomic mass is 10.2. The maximum absolute atomic E-state index is 9.23. The molecule has 0 aliphatic carbocycles. The predicted molar refractivity (Wildman–Crippen MR) is 89.3 cm³/mol. The van der Waals surface area contributed by atoms with E-state index in [-0.39, 0.29) is 0 Å². The van der Waals surface area contributed by atoms with Gasteiger partial charge in [0.2, 0.25) is 0 Å². The largest absolute Gasteiger partial charge is 0.497 e. The minimum Gasteiger partial charge on any atom is -0.497 e. The number of nitriles is 1. The highest BCUT2D eigenvalue weighted by atomic mass is 16.5. The summed E-state index contributed by atoms with van der Waals surface area (Å²) in [6.45, 7) is 0. The maximum atomic E-state index is 9.23. The molecule has 3 heterocycles. The molecule has 0 unspecified atom stereocenters. The number of pyridine rings is 1. The first kappa shape index (κ1) is 13.4. The Bertz CT molecular complexity index is 1080. The van der Waals surface area contributed by atoms with Crippen LogP contribution in [-0.2, 0) is 7.05 Å². The molecule has 0 radical (unpaired) electrons. The predicted octanol–water partition coefficient (Wildman–Crippen LogP) is 3.60. The van der Waals surface area contributed by atoms with Gasteiger partial charge in [-0.05, 0) is 36.4 Å². The van der Waals surface area contributed by atoms with E-state index in [1.807, 2.05) is 31.3 Å². The van der Waals surface area contributed by atoms with Crippen LogP contribution in [0.1, 0.15) is 5.56 Å². The Kier molecular flexibility index (Phi) is 2.85. The molecule has 4 rings (SSSR count). The van der Waals surface area contributed by atoms with Crippen molar-refractivity contribution in [1.29, 1.82) is 5.26 Å². The Hall–Kier alpha value is -3.26. The van der Waals surface area contributed by atoms with E-state index in [0.29, 0.717) is 5.56 Å². The summed E-state index contributed by atoms with van der Waals surface area (Å²) in [4.78, 5) is 7.61. The molecule has 0 saturated carbocycles. The van der Waals surface area contributed by atoms with E-state index >= 15 is 0 Å². The van der Waals surface area contributed by atoms with E-state index in [4.69, 9.17) is 4.74 Å². The fourth-order valence-corrected chi connectivity index (χ4v) is 2.98. The van der Waals surface area contributed by atoms with Gasteiger partial charge in [-0.2, -0.15) is 5.26 Å². The van der Waals surface area contributed by atoms with Crippen LogP contribution in [0.15, 0.2) is 42.6 Å². The molecule has 0 amide bonds. The van der Waals surface area contributed by atoms with Crippen LogP contribution in [0, 0.1) is 11.3 Å². The summed E-state index contributed by atoms with van der Waals surface area (Å²) in [5.41, 5.74) is 4.44. The average Bonchev–Trinajstić information content (AvgIpc) is 3.15. The molecular weight excluding hydrogens is 288 g/mol. The first-order valence-corrected chi connectivity index (χ1v) is 7.23. The number of rotatable bonds is 2. The molecular formula is C18H14N4O. The van der Waals surface area contributed by atoms with Crippen LogP contribution in [0.5, 0.6) is 5.75 Å². The van der Waals surface area contributed by atoms with E-state index in [1.165, 1.54) is 0 Å². The monoisotopic (exact) mass is 302 g/mol. The first-order valence-electron chi connectivity index (χ1n) is 7.23. The van der Waals surface area contributed by atoms with Gasteiger partial charge in [0.15, 0.2) is 0 Å². The standard InChI is InChI=1S/C18H14N4O/c1-22-16-4-3-13(23-2)7-12(16)8-17(22)15-9-14-11(10-19)5-6-20-18(14)21-15/h3-9H,1-2H3,(H,20,21). The number of hydrogen-bond acceptors (Lipinski definition) is 3. The molecule has 0 spiro atoms.